The summed E-state index contributed by atoms with van der Waals surface area (Å²) < 4.78 is 0.700. The number of hydrogen-bond donors (Lipinski definition) is 1. The number of benzene rings is 1. The van der Waals surface area contributed by atoms with Crippen LogP contribution in [-0.4, -0.2) is 11.9 Å². The van der Waals surface area contributed by atoms with Crippen LogP contribution in [0.2, 0.25) is 5.02 Å². The van der Waals surface area contributed by atoms with Crippen LogP contribution in [0, 0.1) is 12.3 Å². The van der Waals surface area contributed by atoms with Gasteiger partial charge < -0.3 is 5.32 Å². The molecule has 1 N–H and O–H groups in total. The summed E-state index contributed by atoms with van der Waals surface area (Å²) in [4.78, 5) is 11.7. The number of rotatable bonds is 3. The maximum absolute atomic E-state index is 11.7. The zero-order chi connectivity index (χ0) is 12.1. The van der Waals surface area contributed by atoms with Crippen LogP contribution in [0.15, 0.2) is 22.7 Å². The molecule has 0 radical (unpaired) electrons. The van der Waals surface area contributed by atoms with Crippen molar-refractivity contribution >= 4 is 33.4 Å². The average molecular weight is 301 g/mol. The van der Waals surface area contributed by atoms with Crippen LogP contribution in [0.4, 0.5) is 0 Å². The molecular formula is C12H11BrClNO. The molecule has 2 nitrogen and oxygen atoms in total. The van der Waals surface area contributed by atoms with Crippen LogP contribution in [0.1, 0.15) is 23.7 Å². The summed E-state index contributed by atoms with van der Waals surface area (Å²) in [6, 6.07) is 4.99. The van der Waals surface area contributed by atoms with E-state index in [0.29, 0.717) is 21.5 Å². The van der Waals surface area contributed by atoms with Crippen LogP contribution in [0.25, 0.3) is 0 Å². The van der Waals surface area contributed by atoms with Crippen molar-refractivity contribution < 1.29 is 4.79 Å². The van der Waals surface area contributed by atoms with E-state index < -0.39 is 0 Å². The molecule has 16 heavy (non-hydrogen) atoms. The van der Waals surface area contributed by atoms with Gasteiger partial charge in [-0.1, -0.05) is 11.6 Å². The smallest absolute Gasteiger partial charge is 0.251 e. The highest BCUT2D eigenvalue weighted by Gasteiger charge is 2.10. The lowest BCUT2D eigenvalue weighted by Crippen LogP contribution is -2.32. The minimum atomic E-state index is -0.153. The number of hydrogen-bond acceptors (Lipinski definition) is 1. The molecule has 0 aliphatic rings. The Morgan fingerprint density at radius 3 is 2.94 bits per heavy atom. The molecule has 0 saturated carbocycles. The number of amides is 1. The van der Waals surface area contributed by atoms with E-state index in [0.717, 1.165) is 0 Å². The van der Waals surface area contributed by atoms with E-state index >= 15 is 0 Å². The third kappa shape index (κ3) is 3.55. The first-order valence-electron chi connectivity index (χ1n) is 4.74. The quantitative estimate of drug-likeness (QED) is 0.853. The fourth-order valence-corrected chi connectivity index (χ4v) is 1.67. The highest BCUT2D eigenvalue weighted by Crippen LogP contribution is 2.23. The number of carbonyl (C=O) groups is 1. The van der Waals surface area contributed by atoms with Crippen LogP contribution >= 0.6 is 27.5 Å². The van der Waals surface area contributed by atoms with Crippen molar-refractivity contribution in [2.45, 2.75) is 19.4 Å². The number of halogens is 2. The Bertz CT molecular complexity index is 439. The van der Waals surface area contributed by atoms with Gasteiger partial charge in [0.15, 0.2) is 0 Å². The maximum atomic E-state index is 11.7. The average Bonchev–Trinajstić information content (AvgIpc) is 2.22. The van der Waals surface area contributed by atoms with Gasteiger partial charge in [0, 0.05) is 22.5 Å². The van der Waals surface area contributed by atoms with Crippen molar-refractivity contribution in [2.75, 3.05) is 0 Å². The summed E-state index contributed by atoms with van der Waals surface area (Å²) in [6.45, 7) is 1.86. The maximum Gasteiger partial charge on any atom is 0.251 e. The second-order valence-corrected chi connectivity index (χ2v) is 4.67. The Balaban J connectivity index is 2.74. The van der Waals surface area contributed by atoms with Gasteiger partial charge in [-0.25, -0.2) is 0 Å². The molecule has 0 fully saturated rings. The number of carbonyl (C=O) groups excluding carboxylic acids is 1. The second kappa shape index (κ2) is 5.93. The Labute approximate surface area is 109 Å². The number of nitrogens with one attached hydrogen (secondary N) is 1. The zero-order valence-corrected chi connectivity index (χ0v) is 11.1. The van der Waals surface area contributed by atoms with E-state index in [2.05, 4.69) is 27.2 Å². The lowest BCUT2D eigenvalue weighted by molar-refractivity contribution is 0.0941. The molecule has 0 aliphatic heterocycles. The predicted octanol–water partition coefficient (Wildman–Crippen LogP) is 3.24. The third-order valence-corrected chi connectivity index (χ3v) is 3.20. The van der Waals surface area contributed by atoms with Gasteiger partial charge in [-0.15, -0.1) is 12.3 Å². The van der Waals surface area contributed by atoms with Gasteiger partial charge in [-0.3, -0.25) is 4.79 Å². The molecule has 1 unspecified atom stereocenters. The molecule has 84 valence electrons. The van der Waals surface area contributed by atoms with Gasteiger partial charge >= 0.3 is 0 Å². The van der Waals surface area contributed by atoms with E-state index in [4.69, 9.17) is 18.0 Å². The van der Waals surface area contributed by atoms with Crippen molar-refractivity contribution in [3.05, 3.63) is 33.3 Å². The van der Waals surface area contributed by atoms with Gasteiger partial charge in [0.05, 0.1) is 5.02 Å². The number of terminal acetylenes is 1. The largest absolute Gasteiger partial charge is 0.349 e. The first-order chi connectivity index (χ1) is 7.54. The molecule has 1 aromatic rings. The first kappa shape index (κ1) is 13.1. The van der Waals surface area contributed by atoms with Crippen molar-refractivity contribution in [2.24, 2.45) is 0 Å². The van der Waals surface area contributed by atoms with Crippen LogP contribution in [0.3, 0.4) is 0 Å². The highest BCUT2D eigenvalue weighted by molar-refractivity contribution is 9.10. The fourth-order valence-electron chi connectivity index (χ4n) is 1.17. The molecule has 1 aromatic carbocycles. The lowest BCUT2D eigenvalue weighted by Gasteiger charge is -2.11. The molecule has 0 saturated heterocycles. The Kier molecular flexibility index (Phi) is 4.85. The first-order valence-corrected chi connectivity index (χ1v) is 5.91. The Hall–Kier alpha value is -0.980. The SMILES string of the molecule is C#CCC(C)NC(=O)c1ccc(Cl)c(Br)c1. The standard InChI is InChI=1S/C12H11BrClNO/c1-3-4-8(2)15-12(16)9-5-6-11(14)10(13)7-9/h1,5-8H,4H2,2H3,(H,15,16). The van der Waals surface area contributed by atoms with Crippen molar-refractivity contribution in [3.8, 4) is 12.3 Å². The van der Waals surface area contributed by atoms with E-state index in [1.165, 1.54) is 0 Å². The molecular weight excluding hydrogens is 289 g/mol. The molecule has 1 atom stereocenters. The van der Waals surface area contributed by atoms with E-state index in [1.807, 2.05) is 6.92 Å². The van der Waals surface area contributed by atoms with Gasteiger partial charge in [-0.2, -0.15) is 0 Å². The van der Waals surface area contributed by atoms with Gasteiger partial charge in [0.25, 0.3) is 5.91 Å². The van der Waals surface area contributed by atoms with Crippen LogP contribution in [-0.2, 0) is 0 Å². The summed E-state index contributed by atoms with van der Waals surface area (Å²) in [5.41, 5.74) is 0.556. The third-order valence-electron chi connectivity index (χ3n) is 1.98. The summed E-state index contributed by atoms with van der Waals surface area (Å²) in [5.74, 6) is 2.35. The lowest BCUT2D eigenvalue weighted by atomic mass is 10.2. The van der Waals surface area contributed by atoms with Crippen molar-refractivity contribution in [1.82, 2.24) is 5.32 Å². The monoisotopic (exact) mass is 299 g/mol. The molecule has 0 aromatic heterocycles. The Morgan fingerprint density at radius 1 is 1.69 bits per heavy atom. The molecule has 0 spiro atoms. The zero-order valence-electron chi connectivity index (χ0n) is 8.76. The molecule has 1 amide bonds. The van der Waals surface area contributed by atoms with Crippen LogP contribution in [0.5, 0.6) is 0 Å². The fraction of sp³-hybridized carbons (Fsp3) is 0.250. The summed E-state index contributed by atoms with van der Waals surface area (Å²) in [7, 11) is 0. The van der Waals surface area contributed by atoms with Gasteiger partial charge in [0.1, 0.15) is 0 Å². The van der Waals surface area contributed by atoms with Gasteiger partial charge in [-0.05, 0) is 41.1 Å². The minimum Gasteiger partial charge on any atom is -0.349 e. The summed E-state index contributed by atoms with van der Waals surface area (Å²) in [5, 5.41) is 3.38. The normalized spacial score (nSPS) is 11.6. The van der Waals surface area contributed by atoms with E-state index in [1.54, 1.807) is 18.2 Å². The second-order valence-electron chi connectivity index (χ2n) is 3.41. The summed E-state index contributed by atoms with van der Waals surface area (Å²) >= 11 is 9.10. The molecule has 1 rings (SSSR count). The molecule has 4 heteroatoms. The molecule has 0 heterocycles. The van der Waals surface area contributed by atoms with Crippen LogP contribution < -0.4 is 5.32 Å². The van der Waals surface area contributed by atoms with E-state index in [-0.39, 0.29) is 11.9 Å². The summed E-state index contributed by atoms with van der Waals surface area (Å²) in [6.07, 6.45) is 5.68. The van der Waals surface area contributed by atoms with Crippen molar-refractivity contribution in [3.63, 3.8) is 0 Å². The Morgan fingerprint density at radius 2 is 2.38 bits per heavy atom. The van der Waals surface area contributed by atoms with Crippen molar-refractivity contribution in [1.29, 1.82) is 0 Å². The molecule has 0 bridgehead atoms. The minimum absolute atomic E-state index is 0.0352. The van der Waals surface area contributed by atoms with Gasteiger partial charge in [0.2, 0.25) is 0 Å². The highest BCUT2D eigenvalue weighted by atomic mass is 79.9. The topological polar surface area (TPSA) is 29.1 Å². The predicted molar refractivity (Wildman–Crippen MR) is 69.5 cm³/mol. The molecule has 0 aliphatic carbocycles. The van der Waals surface area contributed by atoms with E-state index in [9.17, 15) is 4.79 Å².